The zero-order valence-electron chi connectivity index (χ0n) is 15.7. The average molecular weight is 465 g/mol. The summed E-state index contributed by atoms with van der Waals surface area (Å²) in [5, 5.41) is 6.94. The van der Waals surface area contributed by atoms with Gasteiger partial charge < -0.3 is 15.5 Å². The number of fused-ring (bicyclic) bond motifs is 1. The summed E-state index contributed by atoms with van der Waals surface area (Å²) in [7, 11) is 5.82. The molecule has 6 heteroatoms. The van der Waals surface area contributed by atoms with Gasteiger partial charge in [-0.05, 0) is 42.5 Å². The van der Waals surface area contributed by atoms with Crippen LogP contribution in [0.4, 0.5) is 5.82 Å². The van der Waals surface area contributed by atoms with E-state index in [2.05, 4.69) is 44.9 Å². The summed E-state index contributed by atoms with van der Waals surface area (Å²) in [4.78, 5) is 11.0. The highest BCUT2D eigenvalue weighted by atomic mass is 127. The molecule has 3 rings (SSSR count). The Morgan fingerprint density at radius 1 is 1.15 bits per heavy atom. The Balaban J connectivity index is 0.00000243. The van der Waals surface area contributed by atoms with Crippen molar-refractivity contribution in [1.82, 2.24) is 15.6 Å². The second-order valence-corrected chi connectivity index (χ2v) is 6.66. The van der Waals surface area contributed by atoms with E-state index in [4.69, 9.17) is 0 Å². The summed E-state index contributed by atoms with van der Waals surface area (Å²) in [6.07, 6.45) is 3.30. The van der Waals surface area contributed by atoms with Crippen molar-refractivity contribution in [3.8, 4) is 0 Å². The lowest BCUT2D eigenvalue weighted by atomic mass is 9.88. The van der Waals surface area contributed by atoms with E-state index in [0.717, 1.165) is 36.7 Å². The van der Waals surface area contributed by atoms with Crippen molar-refractivity contribution in [2.45, 2.75) is 31.8 Å². The summed E-state index contributed by atoms with van der Waals surface area (Å²) in [5.41, 5.74) is 3.93. The van der Waals surface area contributed by atoms with Crippen LogP contribution in [-0.4, -0.2) is 38.1 Å². The van der Waals surface area contributed by atoms with Crippen molar-refractivity contribution in [2.75, 3.05) is 26.0 Å². The van der Waals surface area contributed by atoms with Crippen LogP contribution in [0.2, 0.25) is 0 Å². The summed E-state index contributed by atoms with van der Waals surface area (Å²) in [6.45, 7) is 0.657. The Labute approximate surface area is 173 Å². The van der Waals surface area contributed by atoms with Gasteiger partial charge in [0.1, 0.15) is 5.82 Å². The van der Waals surface area contributed by atoms with E-state index >= 15 is 0 Å². The van der Waals surface area contributed by atoms with Crippen LogP contribution in [0.3, 0.4) is 0 Å². The van der Waals surface area contributed by atoms with Crippen LogP contribution in [0.25, 0.3) is 0 Å². The van der Waals surface area contributed by atoms with Crippen molar-refractivity contribution in [3.63, 3.8) is 0 Å². The Bertz CT molecular complexity index is 744. The SMILES string of the molecule is CN=C(NCc1cccc(N(C)C)n1)NC1CCc2ccccc2C1.I. The maximum atomic E-state index is 4.64. The molecule has 1 aromatic heterocycles. The van der Waals surface area contributed by atoms with Crippen molar-refractivity contribution in [2.24, 2.45) is 4.99 Å². The standard InChI is InChI=1S/C20H27N5.HI/c1-21-20(22-14-18-9-6-10-19(23-18)25(2)3)24-17-12-11-15-7-4-5-8-16(15)13-17;/h4-10,17H,11-14H2,1-3H3,(H2,21,22,24);1H. The van der Waals surface area contributed by atoms with Gasteiger partial charge >= 0.3 is 0 Å². The molecule has 2 aromatic rings. The van der Waals surface area contributed by atoms with Crippen LogP contribution < -0.4 is 15.5 Å². The number of halogens is 1. The number of hydrogen-bond donors (Lipinski definition) is 2. The molecule has 0 radical (unpaired) electrons. The van der Waals surface area contributed by atoms with Crippen LogP contribution >= 0.6 is 24.0 Å². The number of guanidine groups is 1. The van der Waals surface area contributed by atoms with Crippen LogP contribution in [-0.2, 0) is 19.4 Å². The predicted molar refractivity (Wildman–Crippen MR) is 120 cm³/mol. The third-order valence-corrected chi connectivity index (χ3v) is 4.60. The first-order chi connectivity index (χ1) is 12.2. The van der Waals surface area contributed by atoms with Gasteiger partial charge in [0.05, 0.1) is 12.2 Å². The van der Waals surface area contributed by atoms with Crippen LogP contribution in [0.15, 0.2) is 47.5 Å². The molecule has 1 atom stereocenters. The van der Waals surface area contributed by atoms with Gasteiger partial charge in [-0.2, -0.15) is 0 Å². The molecule has 0 aliphatic heterocycles. The number of nitrogens with one attached hydrogen (secondary N) is 2. The number of aliphatic imine (C=N–C) groups is 1. The van der Waals surface area contributed by atoms with Gasteiger partial charge in [0.2, 0.25) is 0 Å². The minimum absolute atomic E-state index is 0. The maximum absolute atomic E-state index is 4.64. The fourth-order valence-electron chi connectivity index (χ4n) is 3.20. The lowest BCUT2D eigenvalue weighted by Crippen LogP contribution is -2.45. The van der Waals surface area contributed by atoms with Crippen molar-refractivity contribution in [1.29, 1.82) is 0 Å². The molecule has 0 spiro atoms. The number of hydrogen-bond acceptors (Lipinski definition) is 3. The molecule has 140 valence electrons. The molecule has 1 unspecified atom stereocenters. The topological polar surface area (TPSA) is 52.6 Å². The zero-order valence-corrected chi connectivity index (χ0v) is 18.0. The molecular formula is C20H28IN5. The number of pyridine rings is 1. The fraction of sp³-hybridized carbons (Fsp3) is 0.400. The second kappa shape index (κ2) is 9.75. The normalized spacial score (nSPS) is 16.3. The van der Waals surface area contributed by atoms with Crippen LogP contribution in [0, 0.1) is 0 Å². The van der Waals surface area contributed by atoms with E-state index in [9.17, 15) is 0 Å². The van der Waals surface area contributed by atoms with E-state index in [0.29, 0.717) is 12.6 Å². The third-order valence-electron chi connectivity index (χ3n) is 4.60. The Morgan fingerprint density at radius 3 is 2.65 bits per heavy atom. The molecule has 0 amide bonds. The lowest BCUT2D eigenvalue weighted by molar-refractivity contribution is 0.520. The smallest absolute Gasteiger partial charge is 0.191 e. The summed E-state index contributed by atoms with van der Waals surface area (Å²) in [6, 6.07) is 15.2. The highest BCUT2D eigenvalue weighted by Crippen LogP contribution is 2.20. The van der Waals surface area contributed by atoms with Crippen molar-refractivity contribution < 1.29 is 0 Å². The van der Waals surface area contributed by atoms with Gasteiger partial charge in [0.15, 0.2) is 5.96 Å². The largest absolute Gasteiger partial charge is 0.363 e. The maximum Gasteiger partial charge on any atom is 0.191 e. The van der Waals surface area contributed by atoms with Gasteiger partial charge in [-0.3, -0.25) is 4.99 Å². The molecule has 0 saturated carbocycles. The Morgan fingerprint density at radius 2 is 1.92 bits per heavy atom. The molecule has 0 fully saturated rings. The predicted octanol–water partition coefficient (Wildman–Crippen LogP) is 2.99. The van der Waals surface area contributed by atoms with Crippen LogP contribution in [0.5, 0.6) is 0 Å². The monoisotopic (exact) mass is 465 g/mol. The summed E-state index contributed by atoms with van der Waals surface area (Å²) >= 11 is 0. The molecule has 1 aromatic carbocycles. The minimum atomic E-state index is 0. The number of anilines is 1. The van der Waals surface area contributed by atoms with Gasteiger partial charge in [-0.1, -0.05) is 30.3 Å². The third kappa shape index (κ3) is 5.33. The number of aryl methyl sites for hydroxylation is 1. The number of rotatable bonds is 4. The molecule has 1 aliphatic carbocycles. The number of benzene rings is 1. The fourth-order valence-corrected chi connectivity index (χ4v) is 3.20. The van der Waals surface area contributed by atoms with Crippen molar-refractivity contribution >= 4 is 35.8 Å². The van der Waals surface area contributed by atoms with E-state index < -0.39 is 0 Å². The van der Waals surface area contributed by atoms with E-state index in [1.165, 1.54) is 11.1 Å². The molecule has 5 nitrogen and oxygen atoms in total. The van der Waals surface area contributed by atoms with E-state index in [1.807, 2.05) is 44.2 Å². The second-order valence-electron chi connectivity index (χ2n) is 6.66. The lowest BCUT2D eigenvalue weighted by Gasteiger charge is -2.27. The number of nitrogens with zero attached hydrogens (tertiary/aromatic N) is 3. The molecule has 0 saturated heterocycles. The first-order valence-electron chi connectivity index (χ1n) is 8.83. The Hall–Kier alpha value is -1.83. The van der Waals surface area contributed by atoms with E-state index in [1.54, 1.807) is 0 Å². The first-order valence-corrected chi connectivity index (χ1v) is 8.83. The van der Waals surface area contributed by atoms with Gasteiger partial charge in [-0.25, -0.2) is 4.98 Å². The minimum Gasteiger partial charge on any atom is -0.363 e. The number of aromatic nitrogens is 1. The molecule has 1 aliphatic rings. The van der Waals surface area contributed by atoms with E-state index in [-0.39, 0.29) is 24.0 Å². The molecule has 2 N–H and O–H groups in total. The highest BCUT2D eigenvalue weighted by molar-refractivity contribution is 14.0. The van der Waals surface area contributed by atoms with Gasteiger partial charge in [-0.15, -0.1) is 24.0 Å². The highest BCUT2D eigenvalue weighted by Gasteiger charge is 2.18. The van der Waals surface area contributed by atoms with Crippen LogP contribution in [0.1, 0.15) is 23.2 Å². The van der Waals surface area contributed by atoms with Gasteiger partial charge in [0.25, 0.3) is 0 Å². The molecular weight excluding hydrogens is 437 g/mol. The van der Waals surface area contributed by atoms with Crippen molar-refractivity contribution in [3.05, 3.63) is 59.3 Å². The van der Waals surface area contributed by atoms with Gasteiger partial charge in [0, 0.05) is 27.2 Å². The molecule has 26 heavy (non-hydrogen) atoms. The first kappa shape index (κ1) is 20.5. The quantitative estimate of drug-likeness (QED) is 0.414. The zero-order chi connectivity index (χ0) is 17.6. The molecule has 0 bridgehead atoms. The Kier molecular flexibility index (Phi) is 7.68. The summed E-state index contributed by atoms with van der Waals surface area (Å²) < 4.78 is 0. The summed E-state index contributed by atoms with van der Waals surface area (Å²) in [5.74, 6) is 1.80. The molecule has 1 heterocycles. The average Bonchev–Trinajstić information content (AvgIpc) is 2.65.